The van der Waals surface area contributed by atoms with Crippen LogP contribution in [0.5, 0.6) is 5.75 Å². The number of nitrogens with one attached hydrogen (secondary N) is 1. The molecule has 0 aliphatic carbocycles. The van der Waals surface area contributed by atoms with Gasteiger partial charge in [0.25, 0.3) is 5.91 Å². The molecule has 3 heteroatoms. The minimum atomic E-state index is -0.0444. The second kappa shape index (κ2) is 8.69. The maximum Gasteiger partial charge on any atom is 0.251 e. The van der Waals surface area contributed by atoms with Gasteiger partial charge in [-0.15, -0.1) is 0 Å². The third-order valence-electron chi connectivity index (χ3n) is 3.88. The zero-order valence-electron chi connectivity index (χ0n) is 14.0. The summed E-state index contributed by atoms with van der Waals surface area (Å²) in [6, 6.07) is 27.4. The summed E-state index contributed by atoms with van der Waals surface area (Å²) < 4.78 is 5.84. The van der Waals surface area contributed by atoms with E-state index in [-0.39, 0.29) is 5.91 Å². The second-order valence-electron chi connectivity index (χ2n) is 5.79. The first-order valence-corrected chi connectivity index (χ1v) is 8.40. The molecule has 3 nitrogen and oxygen atoms in total. The van der Waals surface area contributed by atoms with Crippen LogP contribution in [0, 0.1) is 0 Å². The molecule has 0 heterocycles. The Kier molecular flexibility index (Phi) is 5.83. The molecule has 0 radical (unpaired) electrons. The molecule has 0 aromatic heterocycles. The van der Waals surface area contributed by atoms with Gasteiger partial charge in [0.15, 0.2) is 0 Å². The molecular weight excluding hydrogens is 310 g/mol. The van der Waals surface area contributed by atoms with Gasteiger partial charge in [-0.25, -0.2) is 0 Å². The van der Waals surface area contributed by atoms with Crippen molar-refractivity contribution in [2.24, 2.45) is 0 Å². The van der Waals surface area contributed by atoms with Crippen LogP contribution in [-0.4, -0.2) is 12.5 Å². The summed E-state index contributed by atoms with van der Waals surface area (Å²) in [7, 11) is 0. The van der Waals surface area contributed by atoms with E-state index >= 15 is 0 Å². The lowest BCUT2D eigenvalue weighted by Gasteiger charge is -2.09. The summed E-state index contributed by atoms with van der Waals surface area (Å²) in [6.07, 6.45) is 0.765. The van der Waals surface area contributed by atoms with E-state index in [1.54, 1.807) is 0 Å². The Morgan fingerprint density at radius 1 is 0.800 bits per heavy atom. The molecule has 0 atom stereocenters. The van der Waals surface area contributed by atoms with Crippen LogP contribution < -0.4 is 10.1 Å². The van der Waals surface area contributed by atoms with Crippen LogP contribution in [0.4, 0.5) is 0 Å². The molecule has 0 fully saturated rings. The van der Waals surface area contributed by atoms with Gasteiger partial charge in [0.2, 0.25) is 0 Å². The molecule has 0 saturated carbocycles. The van der Waals surface area contributed by atoms with Gasteiger partial charge in [-0.1, -0.05) is 60.7 Å². The number of carbonyl (C=O) groups is 1. The fourth-order valence-electron chi connectivity index (χ4n) is 2.54. The third kappa shape index (κ3) is 5.21. The minimum Gasteiger partial charge on any atom is -0.489 e. The highest BCUT2D eigenvalue weighted by Gasteiger charge is 2.04. The molecule has 0 bridgehead atoms. The van der Waals surface area contributed by atoms with E-state index in [9.17, 15) is 4.79 Å². The Balaban J connectivity index is 1.49. The summed E-state index contributed by atoms with van der Waals surface area (Å²) in [5, 5.41) is 2.94. The van der Waals surface area contributed by atoms with Crippen molar-refractivity contribution in [2.45, 2.75) is 13.0 Å². The van der Waals surface area contributed by atoms with Crippen molar-refractivity contribution in [2.75, 3.05) is 6.54 Å². The van der Waals surface area contributed by atoms with Gasteiger partial charge in [-0.05, 0) is 41.8 Å². The molecule has 1 amide bonds. The van der Waals surface area contributed by atoms with Gasteiger partial charge in [-0.2, -0.15) is 0 Å². The van der Waals surface area contributed by atoms with Crippen LogP contribution in [0.25, 0.3) is 0 Å². The Labute approximate surface area is 148 Å². The van der Waals surface area contributed by atoms with Crippen LogP contribution in [0.2, 0.25) is 0 Å². The summed E-state index contributed by atoms with van der Waals surface area (Å²) >= 11 is 0. The SMILES string of the molecule is O=C(NCCc1cccc(OCc2ccccc2)c1)c1ccccc1. The summed E-state index contributed by atoms with van der Waals surface area (Å²) in [5.41, 5.74) is 2.96. The van der Waals surface area contributed by atoms with Crippen molar-refractivity contribution >= 4 is 5.91 Å². The molecule has 3 aromatic rings. The van der Waals surface area contributed by atoms with Crippen molar-refractivity contribution < 1.29 is 9.53 Å². The predicted octanol–water partition coefficient (Wildman–Crippen LogP) is 4.24. The molecule has 1 N–H and O–H groups in total. The topological polar surface area (TPSA) is 38.3 Å². The van der Waals surface area contributed by atoms with E-state index in [1.807, 2.05) is 84.9 Å². The van der Waals surface area contributed by atoms with E-state index < -0.39 is 0 Å². The molecule has 3 aromatic carbocycles. The maximum absolute atomic E-state index is 12.0. The van der Waals surface area contributed by atoms with E-state index in [0.29, 0.717) is 18.7 Å². The highest BCUT2D eigenvalue weighted by Crippen LogP contribution is 2.15. The molecule has 0 aliphatic heterocycles. The summed E-state index contributed by atoms with van der Waals surface area (Å²) in [5.74, 6) is 0.799. The molecular formula is C22H21NO2. The normalized spacial score (nSPS) is 10.2. The summed E-state index contributed by atoms with van der Waals surface area (Å²) in [4.78, 5) is 12.0. The molecule has 0 unspecified atom stereocenters. The standard InChI is InChI=1S/C22H21NO2/c24-22(20-11-5-2-6-12-20)23-15-14-18-10-7-13-21(16-18)25-17-19-8-3-1-4-9-19/h1-13,16H,14-15,17H2,(H,23,24). The second-order valence-corrected chi connectivity index (χ2v) is 5.79. The zero-order valence-corrected chi connectivity index (χ0v) is 14.0. The number of carbonyl (C=O) groups excluding carboxylic acids is 1. The van der Waals surface area contributed by atoms with Gasteiger partial charge in [-0.3, -0.25) is 4.79 Å². The van der Waals surface area contributed by atoms with Gasteiger partial charge in [0, 0.05) is 12.1 Å². The minimum absolute atomic E-state index is 0.0444. The molecule has 0 saturated heterocycles. The highest BCUT2D eigenvalue weighted by atomic mass is 16.5. The first-order chi connectivity index (χ1) is 12.3. The lowest BCUT2D eigenvalue weighted by molar-refractivity contribution is 0.0954. The summed E-state index contributed by atoms with van der Waals surface area (Å²) in [6.45, 7) is 1.14. The monoisotopic (exact) mass is 331 g/mol. The Hall–Kier alpha value is -3.07. The molecule has 3 rings (SSSR count). The fraction of sp³-hybridized carbons (Fsp3) is 0.136. The zero-order chi connectivity index (χ0) is 17.3. The molecule has 0 spiro atoms. The van der Waals surface area contributed by atoms with Gasteiger partial charge < -0.3 is 10.1 Å². The van der Waals surface area contributed by atoms with Gasteiger partial charge in [0.1, 0.15) is 12.4 Å². The van der Waals surface area contributed by atoms with Crippen molar-refractivity contribution in [1.82, 2.24) is 5.32 Å². The van der Waals surface area contributed by atoms with Crippen molar-refractivity contribution in [1.29, 1.82) is 0 Å². The number of amides is 1. The van der Waals surface area contributed by atoms with Crippen LogP contribution >= 0.6 is 0 Å². The highest BCUT2D eigenvalue weighted by molar-refractivity contribution is 5.94. The quantitative estimate of drug-likeness (QED) is 0.703. The number of hydrogen-bond donors (Lipinski definition) is 1. The lowest BCUT2D eigenvalue weighted by atomic mass is 10.1. The third-order valence-corrected chi connectivity index (χ3v) is 3.88. The Bertz CT molecular complexity index is 801. The van der Waals surface area contributed by atoms with Crippen LogP contribution in [-0.2, 0) is 13.0 Å². The van der Waals surface area contributed by atoms with Crippen LogP contribution in [0.3, 0.4) is 0 Å². The van der Waals surface area contributed by atoms with Crippen LogP contribution in [0.15, 0.2) is 84.9 Å². The van der Waals surface area contributed by atoms with Crippen LogP contribution in [0.1, 0.15) is 21.5 Å². The maximum atomic E-state index is 12.0. The molecule has 0 aliphatic rings. The predicted molar refractivity (Wildman–Crippen MR) is 99.7 cm³/mol. The van der Waals surface area contributed by atoms with E-state index in [0.717, 1.165) is 23.3 Å². The largest absolute Gasteiger partial charge is 0.489 e. The van der Waals surface area contributed by atoms with E-state index in [4.69, 9.17) is 4.74 Å². The van der Waals surface area contributed by atoms with Crippen molar-refractivity contribution in [3.63, 3.8) is 0 Å². The number of hydrogen-bond acceptors (Lipinski definition) is 2. The van der Waals surface area contributed by atoms with Gasteiger partial charge >= 0.3 is 0 Å². The van der Waals surface area contributed by atoms with Gasteiger partial charge in [0.05, 0.1) is 0 Å². The van der Waals surface area contributed by atoms with Crippen molar-refractivity contribution in [3.8, 4) is 5.75 Å². The number of rotatable bonds is 7. The number of ether oxygens (including phenoxy) is 1. The molecule has 126 valence electrons. The van der Waals surface area contributed by atoms with Crippen molar-refractivity contribution in [3.05, 3.63) is 102 Å². The Morgan fingerprint density at radius 3 is 2.24 bits per heavy atom. The first kappa shape index (κ1) is 16.8. The van der Waals surface area contributed by atoms with E-state index in [2.05, 4.69) is 5.32 Å². The average Bonchev–Trinajstić information content (AvgIpc) is 2.68. The Morgan fingerprint density at radius 2 is 1.48 bits per heavy atom. The van der Waals surface area contributed by atoms with E-state index in [1.165, 1.54) is 0 Å². The molecule has 25 heavy (non-hydrogen) atoms. The number of benzene rings is 3. The average molecular weight is 331 g/mol. The fourth-order valence-corrected chi connectivity index (χ4v) is 2.54. The lowest BCUT2D eigenvalue weighted by Crippen LogP contribution is -2.25. The smallest absolute Gasteiger partial charge is 0.251 e. The first-order valence-electron chi connectivity index (χ1n) is 8.40.